The average molecular weight is 463 g/mol. The van der Waals surface area contributed by atoms with E-state index in [1.54, 1.807) is 34.3 Å². The molecule has 0 spiro atoms. The number of carbonyl (C=O) groups is 1. The van der Waals surface area contributed by atoms with E-state index in [0.717, 1.165) is 16.1 Å². The monoisotopic (exact) mass is 462 g/mol. The van der Waals surface area contributed by atoms with Crippen molar-refractivity contribution in [3.8, 4) is 10.6 Å². The van der Waals surface area contributed by atoms with E-state index in [-0.39, 0.29) is 17.3 Å². The second-order valence-electron chi connectivity index (χ2n) is 5.53. The van der Waals surface area contributed by atoms with Gasteiger partial charge in [-0.05, 0) is 35.7 Å². The molecule has 9 heteroatoms. The average Bonchev–Trinajstić information content (AvgIpc) is 3.31. The van der Waals surface area contributed by atoms with Gasteiger partial charge >= 0.3 is 0 Å². The fourth-order valence-corrected chi connectivity index (χ4v) is 4.26. The molecule has 1 amide bonds. The van der Waals surface area contributed by atoms with Crippen LogP contribution in [0, 0.1) is 5.82 Å². The Labute approximate surface area is 170 Å². The summed E-state index contributed by atoms with van der Waals surface area (Å²) >= 11 is 6.09. The second kappa shape index (κ2) is 7.79. The van der Waals surface area contributed by atoms with E-state index in [9.17, 15) is 9.18 Å². The summed E-state index contributed by atoms with van der Waals surface area (Å²) in [5.74, 6) is -0.677. The van der Waals surface area contributed by atoms with Crippen LogP contribution >= 0.6 is 39.0 Å². The molecule has 0 saturated heterocycles. The van der Waals surface area contributed by atoms with E-state index in [0.29, 0.717) is 9.50 Å². The minimum absolute atomic E-state index is 0.113. The maximum absolute atomic E-state index is 13.8. The molecule has 0 atom stereocenters. The molecule has 5 nitrogen and oxygen atoms in total. The Morgan fingerprint density at radius 2 is 2.22 bits per heavy atom. The highest BCUT2D eigenvalue weighted by molar-refractivity contribution is 9.10. The zero-order chi connectivity index (χ0) is 18.8. The number of aromatic nitrogens is 3. The summed E-state index contributed by atoms with van der Waals surface area (Å²) in [4.78, 5) is 17.6. The molecular weight excluding hydrogens is 451 g/mol. The Balaban J connectivity index is 1.49. The van der Waals surface area contributed by atoms with Gasteiger partial charge in [-0.1, -0.05) is 33.8 Å². The second-order valence-corrected chi connectivity index (χ2v) is 8.36. The van der Waals surface area contributed by atoms with Crippen LogP contribution in [0.3, 0.4) is 0 Å². The normalized spacial score (nSPS) is 11.0. The Morgan fingerprint density at radius 3 is 3.00 bits per heavy atom. The van der Waals surface area contributed by atoms with E-state index >= 15 is 0 Å². The van der Waals surface area contributed by atoms with Gasteiger partial charge in [0.15, 0.2) is 0 Å². The number of benzene rings is 1. The summed E-state index contributed by atoms with van der Waals surface area (Å²) in [6.45, 7) is 0. The van der Waals surface area contributed by atoms with Crippen LogP contribution in [-0.4, -0.2) is 26.3 Å². The van der Waals surface area contributed by atoms with E-state index in [4.69, 9.17) is 0 Å². The minimum atomic E-state index is -0.487. The molecule has 0 fully saturated rings. The van der Waals surface area contributed by atoms with E-state index in [2.05, 4.69) is 31.3 Å². The fraction of sp³-hybridized carbons (Fsp3) is 0.0556. The van der Waals surface area contributed by atoms with Crippen molar-refractivity contribution in [3.05, 3.63) is 64.5 Å². The van der Waals surface area contributed by atoms with Crippen molar-refractivity contribution in [3.63, 3.8) is 0 Å². The van der Waals surface area contributed by atoms with Crippen molar-refractivity contribution in [1.82, 2.24) is 14.6 Å². The fourth-order valence-electron chi connectivity index (χ4n) is 2.47. The van der Waals surface area contributed by atoms with Gasteiger partial charge in [-0.3, -0.25) is 4.79 Å². The Morgan fingerprint density at radius 1 is 1.33 bits per heavy atom. The minimum Gasteiger partial charge on any atom is -0.323 e. The highest BCUT2D eigenvalue weighted by atomic mass is 79.9. The number of rotatable bonds is 5. The smallest absolute Gasteiger partial charge is 0.234 e. The molecule has 0 saturated carbocycles. The van der Waals surface area contributed by atoms with Crippen LogP contribution in [0.25, 0.3) is 16.1 Å². The molecule has 27 heavy (non-hydrogen) atoms. The lowest BCUT2D eigenvalue weighted by Crippen LogP contribution is -2.15. The summed E-state index contributed by atoms with van der Waals surface area (Å²) in [6, 6.07) is 10.4. The largest absolute Gasteiger partial charge is 0.323 e. The van der Waals surface area contributed by atoms with Crippen LogP contribution < -0.4 is 5.32 Å². The predicted octanol–water partition coefficient (Wildman–Crippen LogP) is 5.09. The molecule has 1 aromatic carbocycles. The van der Waals surface area contributed by atoms with Gasteiger partial charge in [0, 0.05) is 16.9 Å². The molecule has 4 rings (SSSR count). The van der Waals surface area contributed by atoms with Crippen LogP contribution in [0.5, 0.6) is 0 Å². The van der Waals surface area contributed by atoms with E-state index in [1.165, 1.54) is 23.9 Å². The summed E-state index contributed by atoms with van der Waals surface area (Å²) in [5.41, 5.74) is 1.84. The molecule has 0 aliphatic carbocycles. The molecule has 0 aliphatic heterocycles. The molecular formula is C18H12BrFN4OS2. The summed E-state index contributed by atoms with van der Waals surface area (Å²) < 4.78 is 16.2. The van der Waals surface area contributed by atoms with Gasteiger partial charge in [-0.15, -0.1) is 11.3 Å². The molecule has 0 unspecified atom stereocenters. The van der Waals surface area contributed by atoms with Crippen LogP contribution in [0.4, 0.5) is 10.1 Å². The van der Waals surface area contributed by atoms with Crippen molar-refractivity contribution in [1.29, 1.82) is 0 Å². The summed E-state index contributed by atoms with van der Waals surface area (Å²) in [7, 11) is 0. The van der Waals surface area contributed by atoms with E-state index < -0.39 is 5.82 Å². The number of thiophene rings is 1. The highest BCUT2D eigenvalue weighted by Gasteiger charge is 2.13. The van der Waals surface area contributed by atoms with Crippen LogP contribution in [0.15, 0.2) is 63.7 Å². The number of anilines is 1. The van der Waals surface area contributed by atoms with Crippen molar-refractivity contribution >= 4 is 56.1 Å². The van der Waals surface area contributed by atoms with Crippen LogP contribution in [0.1, 0.15) is 0 Å². The van der Waals surface area contributed by atoms with Gasteiger partial charge in [0.25, 0.3) is 0 Å². The Kier molecular flexibility index (Phi) is 5.24. The summed E-state index contributed by atoms with van der Waals surface area (Å²) in [6.07, 6.45) is 3.42. The first-order valence-corrected chi connectivity index (χ1v) is 10.5. The molecule has 136 valence electrons. The standard InChI is InChI=1S/C18H12BrFN4OS2/c19-11-3-4-13(12(20)8-11)22-17(25)10-27-18-15-9-14(16-2-1-7-26-16)23-24(15)6-5-21-18/h1-9H,10H2,(H,22,25). The molecule has 0 aliphatic rings. The number of halogens is 2. The third-order valence-corrected chi connectivity index (χ3v) is 6.05. The van der Waals surface area contributed by atoms with E-state index in [1.807, 2.05) is 23.6 Å². The predicted molar refractivity (Wildman–Crippen MR) is 110 cm³/mol. The van der Waals surface area contributed by atoms with Crippen molar-refractivity contribution < 1.29 is 9.18 Å². The highest BCUT2D eigenvalue weighted by Crippen LogP contribution is 2.28. The third kappa shape index (κ3) is 4.05. The number of nitrogens with one attached hydrogen (secondary N) is 1. The molecule has 0 radical (unpaired) electrons. The first-order chi connectivity index (χ1) is 13.1. The van der Waals surface area contributed by atoms with Gasteiger partial charge in [-0.25, -0.2) is 13.9 Å². The Bertz CT molecular complexity index is 1110. The first kappa shape index (κ1) is 18.1. The number of hydrogen-bond acceptors (Lipinski definition) is 5. The SMILES string of the molecule is O=C(CSc1nccn2nc(-c3cccs3)cc12)Nc1ccc(Br)cc1F. The third-order valence-electron chi connectivity index (χ3n) is 3.67. The Hall–Kier alpha value is -2.23. The number of fused-ring (bicyclic) bond motifs is 1. The maximum Gasteiger partial charge on any atom is 0.234 e. The van der Waals surface area contributed by atoms with Crippen LogP contribution in [0.2, 0.25) is 0 Å². The zero-order valence-electron chi connectivity index (χ0n) is 13.7. The lowest BCUT2D eigenvalue weighted by Gasteiger charge is -2.07. The topological polar surface area (TPSA) is 59.3 Å². The molecule has 4 aromatic rings. The first-order valence-electron chi connectivity index (χ1n) is 7.86. The maximum atomic E-state index is 13.8. The van der Waals surface area contributed by atoms with Crippen molar-refractivity contribution in [2.45, 2.75) is 5.03 Å². The number of thioether (sulfide) groups is 1. The van der Waals surface area contributed by atoms with Gasteiger partial charge in [0.2, 0.25) is 5.91 Å². The van der Waals surface area contributed by atoms with Gasteiger partial charge < -0.3 is 5.32 Å². The van der Waals surface area contributed by atoms with Gasteiger partial charge in [0.05, 0.1) is 21.8 Å². The molecule has 1 N–H and O–H groups in total. The van der Waals surface area contributed by atoms with Crippen molar-refractivity contribution in [2.75, 3.05) is 11.1 Å². The molecule has 3 aromatic heterocycles. The molecule has 3 heterocycles. The summed E-state index contributed by atoms with van der Waals surface area (Å²) in [5, 5.41) is 9.82. The van der Waals surface area contributed by atoms with Crippen LogP contribution in [-0.2, 0) is 4.79 Å². The number of hydrogen-bond donors (Lipinski definition) is 1. The van der Waals surface area contributed by atoms with Crippen molar-refractivity contribution in [2.24, 2.45) is 0 Å². The number of amides is 1. The molecule has 0 bridgehead atoms. The quantitative estimate of drug-likeness (QED) is 0.419. The zero-order valence-corrected chi connectivity index (χ0v) is 16.9. The van der Waals surface area contributed by atoms with Gasteiger partial charge in [0.1, 0.15) is 16.5 Å². The van der Waals surface area contributed by atoms with Gasteiger partial charge in [-0.2, -0.15) is 5.10 Å². The number of carbonyl (C=O) groups excluding carboxylic acids is 1. The lowest BCUT2D eigenvalue weighted by molar-refractivity contribution is -0.113. The number of nitrogens with zero attached hydrogens (tertiary/aromatic N) is 3. The lowest BCUT2D eigenvalue weighted by atomic mass is 10.3.